The van der Waals surface area contributed by atoms with Crippen LogP contribution in [0.4, 0.5) is 13.2 Å². The summed E-state index contributed by atoms with van der Waals surface area (Å²) in [6, 6.07) is 8.06. The summed E-state index contributed by atoms with van der Waals surface area (Å²) in [7, 11) is 1.56. The van der Waals surface area contributed by atoms with Crippen LogP contribution in [0.15, 0.2) is 42.7 Å². The van der Waals surface area contributed by atoms with Crippen molar-refractivity contribution in [3.63, 3.8) is 0 Å². The van der Waals surface area contributed by atoms with Crippen LogP contribution < -0.4 is 4.74 Å². The van der Waals surface area contributed by atoms with Gasteiger partial charge in [-0.2, -0.15) is 0 Å². The number of phenolic OH excluding ortho intramolecular Hbond substituents is 1. The molecule has 39 heavy (non-hydrogen) atoms. The molecule has 2 aromatic carbocycles. The zero-order valence-electron chi connectivity index (χ0n) is 20.7. The number of aromatic nitrogens is 3. The molecule has 0 unspecified atom stereocenters. The first-order chi connectivity index (χ1) is 18.6. The number of nitrogens with zero attached hydrogens (tertiary/aromatic N) is 4. The lowest BCUT2D eigenvalue weighted by Gasteiger charge is -2.22. The monoisotopic (exact) mass is 592 g/mol. The Kier molecular flexibility index (Phi) is 11.2. The van der Waals surface area contributed by atoms with Crippen LogP contribution in [-0.2, 0) is 20.8 Å². The van der Waals surface area contributed by atoms with Crippen LogP contribution in [0.5, 0.6) is 11.5 Å². The molecule has 0 radical (unpaired) electrons. The molecule has 0 fully saturated rings. The van der Waals surface area contributed by atoms with E-state index in [1.165, 1.54) is 40.2 Å². The molecular formula is C24H25Cl2F3N4O6. The van der Waals surface area contributed by atoms with Gasteiger partial charge in [0.15, 0.2) is 5.75 Å². The fraction of sp³-hybridized carbons (Fsp3) is 0.375. The number of halogens is 5. The number of hydrogen-bond donors (Lipinski definition) is 1. The molecule has 0 aliphatic rings. The van der Waals surface area contributed by atoms with Crippen molar-refractivity contribution in [1.82, 2.24) is 19.7 Å². The van der Waals surface area contributed by atoms with Gasteiger partial charge in [0.25, 0.3) is 5.91 Å². The van der Waals surface area contributed by atoms with E-state index in [2.05, 4.69) is 14.8 Å². The van der Waals surface area contributed by atoms with Crippen molar-refractivity contribution in [3.8, 4) is 17.2 Å². The van der Waals surface area contributed by atoms with Crippen molar-refractivity contribution in [3.05, 3.63) is 64.2 Å². The predicted molar refractivity (Wildman–Crippen MR) is 134 cm³/mol. The van der Waals surface area contributed by atoms with Gasteiger partial charge in [0.2, 0.25) is 5.82 Å². The first kappa shape index (κ1) is 30.4. The first-order valence-electron chi connectivity index (χ1n) is 11.5. The molecule has 1 heterocycles. The number of aromatic hydroxyl groups is 1. The van der Waals surface area contributed by atoms with Crippen LogP contribution in [-0.4, -0.2) is 83.7 Å². The molecule has 0 bridgehead atoms. The molecule has 212 valence electrons. The summed E-state index contributed by atoms with van der Waals surface area (Å²) in [5, 5.41) is 13.9. The Bertz CT molecular complexity index is 1220. The Morgan fingerprint density at radius 2 is 1.72 bits per heavy atom. The number of methoxy groups -OCH3 is 1. The minimum Gasteiger partial charge on any atom is -0.505 e. The Morgan fingerprint density at radius 3 is 2.38 bits per heavy atom. The molecule has 0 atom stereocenters. The van der Waals surface area contributed by atoms with Crippen LogP contribution in [0, 0.1) is 0 Å². The highest BCUT2D eigenvalue weighted by molar-refractivity contribution is 6.37. The summed E-state index contributed by atoms with van der Waals surface area (Å²) in [4.78, 5) is 18.7. The van der Waals surface area contributed by atoms with Crippen molar-refractivity contribution < 1.29 is 42.0 Å². The molecule has 1 N–H and O–H groups in total. The standard InChI is InChI=1S/C24H25Cl2F3N4O6/c1-36-7-8-38-10-9-37-6-5-32(14-16-3-2-4-18(11-16)39-24(27,28)29)23(35)22-30-15-33(31-22)17-12-19(25)21(34)20(26)13-17/h2-4,11-13,15,34H,5-10,14H2,1H3. The van der Waals surface area contributed by atoms with Crippen LogP contribution in [0.1, 0.15) is 16.2 Å². The molecular weight excluding hydrogens is 568 g/mol. The van der Waals surface area contributed by atoms with E-state index in [-0.39, 0.29) is 47.9 Å². The van der Waals surface area contributed by atoms with Gasteiger partial charge in [0.1, 0.15) is 12.1 Å². The fourth-order valence-electron chi connectivity index (χ4n) is 3.26. The molecule has 1 aromatic heterocycles. The van der Waals surface area contributed by atoms with Crippen molar-refractivity contribution in [2.45, 2.75) is 12.9 Å². The first-order valence-corrected chi connectivity index (χ1v) is 12.2. The number of amides is 1. The van der Waals surface area contributed by atoms with Gasteiger partial charge in [-0.05, 0) is 29.8 Å². The van der Waals surface area contributed by atoms with Crippen LogP contribution in [0.2, 0.25) is 10.0 Å². The minimum absolute atomic E-state index is 0.0215. The Labute approximate surface area is 231 Å². The number of alkyl halides is 3. The zero-order chi connectivity index (χ0) is 28.4. The summed E-state index contributed by atoms with van der Waals surface area (Å²) in [5.41, 5.74) is 0.722. The van der Waals surface area contributed by atoms with Crippen LogP contribution >= 0.6 is 23.2 Å². The Morgan fingerprint density at radius 1 is 1.05 bits per heavy atom. The third-order valence-electron chi connectivity index (χ3n) is 5.05. The zero-order valence-corrected chi connectivity index (χ0v) is 22.2. The average molecular weight is 593 g/mol. The lowest BCUT2D eigenvalue weighted by atomic mass is 10.2. The van der Waals surface area contributed by atoms with E-state index < -0.39 is 18.0 Å². The third kappa shape index (κ3) is 9.55. The highest BCUT2D eigenvalue weighted by Gasteiger charge is 2.31. The molecule has 0 saturated carbocycles. The van der Waals surface area contributed by atoms with Gasteiger partial charge < -0.3 is 29.0 Å². The van der Waals surface area contributed by atoms with E-state index in [9.17, 15) is 23.1 Å². The predicted octanol–water partition coefficient (Wildman–Crippen LogP) is 4.50. The van der Waals surface area contributed by atoms with Gasteiger partial charge in [-0.25, -0.2) is 9.67 Å². The third-order valence-corrected chi connectivity index (χ3v) is 5.63. The van der Waals surface area contributed by atoms with Crippen molar-refractivity contribution in [2.24, 2.45) is 0 Å². The number of benzene rings is 2. The van der Waals surface area contributed by atoms with E-state index >= 15 is 0 Å². The number of phenols is 1. The van der Waals surface area contributed by atoms with Crippen molar-refractivity contribution in [1.29, 1.82) is 0 Å². The Balaban J connectivity index is 1.74. The van der Waals surface area contributed by atoms with Crippen LogP contribution in [0.25, 0.3) is 5.69 Å². The van der Waals surface area contributed by atoms with E-state index in [1.54, 1.807) is 13.2 Å². The number of carbonyl (C=O) groups excluding carboxylic acids is 1. The number of ether oxygens (including phenoxy) is 4. The molecule has 3 rings (SSSR count). The average Bonchev–Trinajstić information content (AvgIpc) is 3.37. The molecule has 0 saturated heterocycles. The lowest BCUT2D eigenvalue weighted by Crippen LogP contribution is -2.34. The number of rotatable bonds is 14. The normalized spacial score (nSPS) is 11.5. The minimum atomic E-state index is -4.86. The smallest absolute Gasteiger partial charge is 0.505 e. The largest absolute Gasteiger partial charge is 0.573 e. The summed E-state index contributed by atoms with van der Waals surface area (Å²) >= 11 is 11.9. The van der Waals surface area contributed by atoms with E-state index in [1.807, 2.05) is 0 Å². The number of hydrogen-bond acceptors (Lipinski definition) is 8. The van der Waals surface area contributed by atoms with Gasteiger partial charge in [0.05, 0.1) is 48.8 Å². The van der Waals surface area contributed by atoms with Gasteiger partial charge in [-0.15, -0.1) is 18.3 Å². The highest BCUT2D eigenvalue weighted by Crippen LogP contribution is 2.33. The fourth-order valence-corrected chi connectivity index (χ4v) is 3.74. The molecule has 0 aliphatic carbocycles. The lowest BCUT2D eigenvalue weighted by molar-refractivity contribution is -0.274. The maximum absolute atomic E-state index is 13.3. The second-order valence-electron chi connectivity index (χ2n) is 7.91. The second kappa shape index (κ2) is 14.3. The molecule has 15 heteroatoms. The van der Waals surface area contributed by atoms with Gasteiger partial charge >= 0.3 is 6.36 Å². The van der Waals surface area contributed by atoms with Gasteiger partial charge in [-0.1, -0.05) is 35.3 Å². The molecule has 1 amide bonds. The topological polar surface area (TPSA) is 108 Å². The molecule has 10 nitrogen and oxygen atoms in total. The summed E-state index contributed by atoms with van der Waals surface area (Å²) in [6.45, 7) is 1.55. The Hall–Kier alpha value is -3.10. The van der Waals surface area contributed by atoms with E-state index in [4.69, 9.17) is 37.4 Å². The molecule has 3 aromatic rings. The van der Waals surface area contributed by atoms with E-state index in [0.717, 1.165) is 6.07 Å². The molecule has 0 aliphatic heterocycles. The molecule has 0 spiro atoms. The van der Waals surface area contributed by atoms with Crippen molar-refractivity contribution >= 4 is 29.1 Å². The highest BCUT2D eigenvalue weighted by atomic mass is 35.5. The SMILES string of the molecule is COCCOCCOCCN(Cc1cccc(OC(F)(F)F)c1)C(=O)c1ncn(-c2cc(Cl)c(O)c(Cl)c2)n1. The summed E-state index contributed by atoms with van der Waals surface area (Å²) in [6.07, 6.45) is -3.60. The van der Waals surface area contributed by atoms with E-state index in [0.29, 0.717) is 31.1 Å². The quantitative estimate of drug-likeness (QED) is 0.273. The maximum Gasteiger partial charge on any atom is 0.573 e. The number of carbonyl (C=O) groups is 1. The van der Waals surface area contributed by atoms with Crippen molar-refractivity contribution in [2.75, 3.05) is 46.7 Å². The van der Waals surface area contributed by atoms with Gasteiger partial charge in [-0.3, -0.25) is 4.79 Å². The van der Waals surface area contributed by atoms with Crippen LogP contribution in [0.3, 0.4) is 0 Å². The maximum atomic E-state index is 13.3. The van der Waals surface area contributed by atoms with Gasteiger partial charge in [0, 0.05) is 20.2 Å². The summed E-state index contributed by atoms with van der Waals surface area (Å²) < 4.78 is 59.0. The second-order valence-corrected chi connectivity index (χ2v) is 8.72. The summed E-state index contributed by atoms with van der Waals surface area (Å²) in [5.74, 6) is -1.52.